The average Bonchev–Trinajstić information content (AvgIpc) is 3.45. The number of rotatable bonds is 15. The van der Waals surface area contributed by atoms with Crippen LogP contribution < -0.4 is 20.3 Å². The Hall–Kier alpha value is -2.73. The maximum Gasteiger partial charge on any atom is 0.240 e. The molecular formula is C43H69N5O5. The molecule has 1 saturated heterocycles. The molecule has 1 aliphatic heterocycles. The molecule has 0 spiro atoms. The normalized spacial score (nSPS) is 28.0. The molecule has 2 aromatic carbocycles. The lowest BCUT2D eigenvalue weighted by molar-refractivity contribution is -0.183. The van der Waals surface area contributed by atoms with Crippen LogP contribution in [0.2, 0.25) is 0 Å². The fourth-order valence-electron chi connectivity index (χ4n) is 9.66. The molecular weight excluding hydrogens is 667 g/mol. The van der Waals surface area contributed by atoms with Gasteiger partial charge in [-0.05, 0) is 98.2 Å². The van der Waals surface area contributed by atoms with Gasteiger partial charge in [-0.2, -0.15) is 5.06 Å². The van der Waals surface area contributed by atoms with E-state index in [4.69, 9.17) is 9.57 Å². The highest BCUT2D eigenvalue weighted by Gasteiger charge is 2.57. The molecule has 10 nitrogen and oxygen atoms in total. The number of fused-ring (bicyclic) bond motifs is 2. The van der Waals surface area contributed by atoms with Crippen LogP contribution in [0.1, 0.15) is 78.9 Å². The molecule has 1 heterocycles. The van der Waals surface area contributed by atoms with Crippen molar-refractivity contribution >= 4 is 11.6 Å². The summed E-state index contributed by atoms with van der Waals surface area (Å²) in [5, 5.41) is 30.2. The monoisotopic (exact) mass is 736 g/mol. The van der Waals surface area contributed by atoms with E-state index in [0.29, 0.717) is 35.0 Å². The highest BCUT2D eigenvalue weighted by Crippen LogP contribution is 2.61. The number of aliphatic hydroxyl groups is 2. The molecule has 9 atom stereocenters. The van der Waals surface area contributed by atoms with Crippen LogP contribution in [0, 0.1) is 34.5 Å². The van der Waals surface area contributed by atoms with Gasteiger partial charge in [0.05, 0.1) is 26.4 Å². The van der Waals surface area contributed by atoms with Crippen LogP contribution >= 0.6 is 0 Å². The van der Waals surface area contributed by atoms with Crippen LogP contribution in [0.3, 0.4) is 0 Å². The summed E-state index contributed by atoms with van der Waals surface area (Å²) in [6.45, 7) is 17.1. The maximum absolute atomic E-state index is 14.3. The second-order valence-electron chi connectivity index (χ2n) is 18.6. The largest absolute Gasteiger partial charge is 0.496 e. The Morgan fingerprint density at radius 1 is 1.13 bits per heavy atom. The van der Waals surface area contributed by atoms with Crippen LogP contribution in [0.25, 0.3) is 11.1 Å². The third kappa shape index (κ3) is 9.22. The van der Waals surface area contributed by atoms with Crippen molar-refractivity contribution in [2.24, 2.45) is 34.5 Å². The number of carbonyl (C=O) groups is 1. The number of benzene rings is 2. The maximum atomic E-state index is 14.3. The van der Waals surface area contributed by atoms with E-state index in [1.54, 1.807) is 19.1 Å². The van der Waals surface area contributed by atoms with Crippen molar-refractivity contribution in [3.8, 4) is 16.9 Å². The molecule has 3 saturated carbocycles. The summed E-state index contributed by atoms with van der Waals surface area (Å²) in [7, 11) is 10.0. The van der Waals surface area contributed by atoms with Crippen molar-refractivity contribution in [3.63, 3.8) is 0 Å². The quantitative estimate of drug-likeness (QED) is 0.188. The number of hydrogen-bond donors (Lipinski definition) is 4. The van der Waals surface area contributed by atoms with Crippen LogP contribution in [0.4, 0.5) is 5.69 Å². The summed E-state index contributed by atoms with van der Waals surface area (Å²) in [6.07, 6.45) is 1.67. The van der Waals surface area contributed by atoms with Gasteiger partial charge in [-0.25, -0.2) is 0 Å². The zero-order valence-corrected chi connectivity index (χ0v) is 34.6. The number of nitrogens with one attached hydrogen (secondary N) is 2. The summed E-state index contributed by atoms with van der Waals surface area (Å²) in [5.74, 6) is 1.48. The van der Waals surface area contributed by atoms with Gasteiger partial charge in [-0.3, -0.25) is 9.63 Å². The Labute approximate surface area is 319 Å². The zero-order chi connectivity index (χ0) is 39.0. The lowest BCUT2D eigenvalue weighted by atomic mass is 9.45. The van der Waals surface area contributed by atoms with Crippen LogP contribution in [0.15, 0.2) is 36.4 Å². The molecule has 53 heavy (non-hydrogen) atoms. The molecule has 4 N–H and O–H groups in total. The van der Waals surface area contributed by atoms with Crippen molar-refractivity contribution in [1.29, 1.82) is 0 Å². The van der Waals surface area contributed by atoms with Crippen LogP contribution in [-0.4, -0.2) is 105 Å². The van der Waals surface area contributed by atoms with Gasteiger partial charge in [0.1, 0.15) is 17.9 Å². The molecule has 6 rings (SSSR count). The predicted octanol–water partition coefficient (Wildman–Crippen LogP) is 5.54. The number of likely N-dealkylation sites (N-methyl/N-ethyl adjacent to an activating group) is 1. The first-order chi connectivity index (χ1) is 24.8. The van der Waals surface area contributed by atoms with E-state index in [-0.39, 0.29) is 30.5 Å². The van der Waals surface area contributed by atoms with Crippen molar-refractivity contribution in [2.45, 2.75) is 111 Å². The lowest BCUT2D eigenvalue weighted by Crippen LogP contribution is -2.62. The second-order valence-corrected chi connectivity index (χ2v) is 18.6. The first-order valence-corrected chi connectivity index (χ1v) is 19.7. The number of nitrogens with zero attached hydrogens (tertiary/aromatic N) is 3. The van der Waals surface area contributed by atoms with E-state index >= 15 is 0 Å². The van der Waals surface area contributed by atoms with E-state index < -0.39 is 24.2 Å². The van der Waals surface area contributed by atoms with Gasteiger partial charge in [0.15, 0.2) is 0 Å². The molecule has 1 unspecified atom stereocenters. The number of carbonyl (C=O) groups excluding carboxylic acids is 1. The minimum Gasteiger partial charge on any atom is -0.496 e. The van der Waals surface area contributed by atoms with Gasteiger partial charge < -0.3 is 35.4 Å². The van der Waals surface area contributed by atoms with Gasteiger partial charge >= 0.3 is 0 Å². The second kappa shape index (κ2) is 16.6. The number of amides is 1. The summed E-state index contributed by atoms with van der Waals surface area (Å²) < 4.78 is 6.16. The number of para-hydroxylation sites is 1. The Balaban J connectivity index is 1.43. The van der Waals surface area contributed by atoms with Crippen molar-refractivity contribution < 1.29 is 24.6 Å². The van der Waals surface area contributed by atoms with E-state index in [1.165, 1.54) is 12.0 Å². The fourth-order valence-corrected chi connectivity index (χ4v) is 9.66. The predicted molar refractivity (Wildman–Crippen MR) is 214 cm³/mol. The van der Waals surface area contributed by atoms with Crippen LogP contribution in [0.5, 0.6) is 5.75 Å². The Morgan fingerprint density at radius 3 is 2.42 bits per heavy atom. The summed E-state index contributed by atoms with van der Waals surface area (Å²) >= 11 is 0. The minimum absolute atomic E-state index is 0.0705. The van der Waals surface area contributed by atoms with E-state index in [9.17, 15) is 15.0 Å². The molecule has 0 aromatic heterocycles. The van der Waals surface area contributed by atoms with Gasteiger partial charge in [0.2, 0.25) is 5.91 Å². The average molecular weight is 736 g/mol. The molecule has 10 heteroatoms. The zero-order valence-electron chi connectivity index (χ0n) is 34.6. The molecule has 4 fully saturated rings. The van der Waals surface area contributed by atoms with Gasteiger partial charge in [0.25, 0.3) is 0 Å². The molecule has 4 aliphatic rings. The Morgan fingerprint density at radius 2 is 1.85 bits per heavy atom. The third-order valence-corrected chi connectivity index (χ3v) is 12.5. The van der Waals surface area contributed by atoms with E-state index in [2.05, 4.69) is 114 Å². The fraction of sp³-hybridized carbons (Fsp3) is 0.698. The third-order valence-electron chi connectivity index (χ3n) is 12.5. The Bertz CT molecular complexity index is 1550. The molecule has 3 aliphatic carbocycles. The number of methoxy groups -OCH3 is 1. The first kappa shape index (κ1) is 41.4. The molecule has 2 bridgehead atoms. The highest BCUT2D eigenvalue weighted by atomic mass is 16.7. The number of anilines is 1. The number of hydrogen-bond acceptors (Lipinski definition) is 9. The molecule has 2 aromatic rings. The minimum atomic E-state index is -0.862. The van der Waals surface area contributed by atoms with Crippen LogP contribution in [-0.2, 0) is 22.7 Å². The summed E-state index contributed by atoms with van der Waals surface area (Å²) in [6, 6.07) is 12.4. The topological polar surface area (TPSA) is 110 Å². The van der Waals surface area contributed by atoms with Gasteiger partial charge in [0, 0.05) is 62.0 Å². The molecule has 296 valence electrons. The van der Waals surface area contributed by atoms with E-state index in [1.807, 2.05) is 12.1 Å². The van der Waals surface area contributed by atoms with E-state index in [0.717, 1.165) is 48.3 Å². The summed E-state index contributed by atoms with van der Waals surface area (Å²) in [4.78, 5) is 25.0. The highest BCUT2D eigenvalue weighted by molar-refractivity contribution is 5.83. The molecule has 1 amide bonds. The molecule has 0 radical (unpaired) electrons. The smallest absolute Gasteiger partial charge is 0.240 e. The lowest BCUT2D eigenvalue weighted by Gasteiger charge is -2.62. The Kier molecular flexibility index (Phi) is 12.9. The van der Waals surface area contributed by atoms with Crippen molar-refractivity contribution in [3.05, 3.63) is 47.5 Å². The number of ether oxygens (including phenoxy) is 1. The number of aliphatic hydroxyl groups excluding tert-OH is 2. The van der Waals surface area contributed by atoms with Gasteiger partial charge in [-0.1, -0.05) is 59.7 Å². The van der Waals surface area contributed by atoms with Crippen molar-refractivity contribution in [1.82, 2.24) is 20.6 Å². The van der Waals surface area contributed by atoms with Crippen molar-refractivity contribution in [2.75, 3.05) is 53.4 Å². The van der Waals surface area contributed by atoms with Gasteiger partial charge in [-0.15, -0.1) is 0 Å². The number of hydroxylamine groups is 2. The summed E-state index contributed by atoms with van der Waals surface area (Å²) in [5.41, 5.74) is 5.61. The standard InChI is InChI=1S/C43H69N5O5/c1-26-35-19-31(43(35,6)7)20-36(26)45-41(51)39-38(27(2)50)37(25-49)53-48(39)23-29-14-13-15-34(40(29)52-12)30-16-28(17-33(18-30)47(10)11)22-44-32(24-46(8)9)21-42(3,4)5/h13-18,26-27,31-32,35-39,44,49-50H,19-25H2,1-12H3,(H,45,51)/t26-,27-,31+,32-,35-,36-,37-,38?,39-/m0/s1. The SMILES string of the molecule is COc1c(CN2O[C@@H](CO)C([C@H](C)O)[C@H]2C(=O)N[C@H]2C[C@H]3C[C@@H]([C@@H]2C)C3(C)C)cccc1-c1cc(CN[C@H](CN(C)C)CC(C)(C)C)cc(N(C)C)c1. The first-order valence-electron chi connectivity index (χ1n) is 19.7.